The Morgan fingerprint density at radius 2 is 1.32 bits per heavy atom. The molecule has 0 spiro atoms. The van der Waals surface area contributed by atoms with Crippen LogP contribution in [0.4, 0.5) is 0 Å². The maximum absolute atomic E-state index is 12.6. The lowest BCUT2D eigenvalue weighted by Crippen LogP contribution is -2.42. The third-order valence-electron chi connectivity index (χ3n) is 6.00. The summed E-state index contributed by atoms with van der Waals surface area (Å²) in [6.45, 7) is 10.0. The zero-order chi connectivity index (χ0) is 27.9. The molecule has 2 aromatic rings. The first-order valence-corrected chi connectivity index (χ1v) is 12.1. The van der Waals surface area contributed by atoms with Crippen molar-refractivity contribution in [3.8, 4) is 11.5 Å². The van der Waals surface area contributed by atoms with Crippen LogP contribution in [0, 0.1) is 17.8 Å². The summed E-state index contributed by atoms with van der Waals surface area (Å²) in [5.41, 5.74) is 6.88. The predicted molar refractivity (Wildman–Crippen MR) is 136 cm³/mol. The standard InChI is InChI=1S/C28H35NO8/c1-15(2)26(32)36-21-13-12-20(14-22(21)37-27(33)16(3)4)23(24(29)25(30)31)17(5)18(6)35-28(34)19-10-8-7-9-11-19/h7-18,23-24H,29H2,1-6H3,(H,30,31)/t17?,18?,23?,24-/m1/s1. The highest BCUT2D eigenvalue weighted by Gasteiger charge is 2.36. The summed E-state index contributed by atoms with van der Waals surface area (Å²) in [7, 11) is 0. The molecule has 0 aliphatic rings. The van der Waals surface area contributed by atoms with Gasteiger partial charge in [-0.25, -0.2) is 4.79 Å². The number of rotatable bonds is 11. The number of carboxylic acids is 1. The molecular weight excluding hydrogens is 478 g/mol. The summed E-state index contributed by atoms with van der Waals surface area (Å²) in [6, 6.07) is 11.5. The van der Waals surface area contributed by atoms with E-state index in [1.807, 2.05) is 0 Å². The average Bonchev–Trinajstić information content (AvgIpc) is 2.85. The fourth-order valence-electron chi connectivity index (χ4n) is 3.55. The van der Waals surface area contributed by atoms with Crippen molar-refractivity contribution in [3.05, 3.63) is 59.7 Å². The number of benzene rings is 2. The van der Waals surface area contributed by atoms with E-state index in [0.29, 0.717) is 11.1 Å². The van der Waals surface area contributed by atoms with Crippen LogP contribution in [0.25, 0.3) is 0 Å². The molecule has 0 aliphatic carbocycles. The number of ether oxygens (including phenoxy) is 3. The molecule has 4 atom stereocenters. The van der Waals surface area contributed by atoms with E-state index in [1.54, 1.807) is 77.9 Å². The Morgan fingerprint density at radius 1 is 0.784 bits per heavy atom. The molecule has 0 fully saturated rings. The molecule has 2 rings (SSSR count). The van der Waals surface area contributed by atoms with Gasteiger partial charge in [0.25, 0.3) is 0 Å². The van der Waals surface area contributed by atoms with Gasteiger partial charge < -0.3 is 25.1 Å². The van der Waals surface area contributed by atoms with Crippen LogP contribution in [0.2, 0.25) is 0 Å². The van der Waals surface area contributed by atoms with Crippen LogP contribution in [-0.2, 0) is 19.1 Å². The molecule has 200 valence electrons. The minimum absolute atomic E-state index is 0.0234. The number of carboxylic acid groups (broad SMARTS) is 1. The van der Waals surface area contributed by atoms with Gasteiger partial charge in [0.05, 0.1) is 17.4 Å². The molecule has 3 unspecified atom stereocenters. The number of nitrogens with two attached hydrogens (primary N) is 1. The number of hydrogen-bond donors (Lipinski definition) is 2. The van der Waals surface area contributed by atoms with Gasteiger partial charge in [-0.3, -0.25) is 14.4 Å². The number of hydrogen-bond acceptors (Lipinski definition) is 8. The lowest BCUT2D eigenvalue weighted by Gasteiger charge is -2.32. The first kappa shape index (κ1) is 29.5. The fraction of sp³-hybridized carbons (Fsp3) is 0.429. The molecule has 0 bridgehead atoms. The van der Waals surface area contributed by atoms with Crippen molar-refractivity contribution >= 4 is 23.9 Å². The summed E-state index contributed by atoms with van der Waals surface area (Å²) >= 11 is 0. The molecule has 0 heterocycles. The van der Waals surface area contributed by atoms with Gasteiger partial charge in [0.15, 0.2) is 11.5 Å². The Labute approximate surface area is 216 Å². The van der Waals surface area contributed by atoms with Gasteiger partial charge in [-0.15, -0.1) is 0 Å². The van der Waals surface area contributed by atoms with Gasteiger partial charge in [-0.05, 0) is 36.8 Å². The van der Waals surface area contributed by atoms with E-state index < -0.39 is 59.7 Å². The van der Waals surface area contributed by atoms with Crippen LogP contribution in [0.15, 0.2) is 48.5 Å². The average molecular weight is 514 g/mol. The zero-order valence-corrected chi connectivity index (χ0v) is 22.0. The van der Waals surface area contributed by atoms with Crippen molar-refractivity contribution in [2.24, 2.45) is 23.5 Å². The summed E-state index contributed by atoms with van der Waals surface area (Å²) in [4.78, 5) is 49.1. The van der Waals surface area contributed by atoms with Gasteiger partial charge in [-0.2, -0.15) is 0 Å². The molecule has 9 nitrogen and oxygen atoms in total. The molecule has 0 saturated carbocycles. The van der Waals surface area contributed by atoms with Gasteiger partial charge in [0, 0.05) is 11.8 Å². The van der Waals surface area contributed by atoms with Crippen molar-refractivity contribution in [3.63, 3.8) is 0 Å². The van der Waals surface area contributed by atoms with E-state index in [2.05, 4.69) is 0 Å². The highest BCUT2D eigenvalue weighted by molar-refractivity contribution is 5.89. The second kappa shape index (κ2) is 13.0. The molecule has 3 N–H and O–H groups in total. The van der Waals surface area contributed by atoms with E-state index in [0.717, 1.165) is 0 Å². The topological polar surface area (TPSA) is 142 Å². The Kier molecular flexibility index (Phi) is 10.4. The lowest BCUT2D eigenvalue weighted by molar-refractivity contribution is -0.140. The number of carbonyl (C=O) groups excluding carboxylic acids is 3. The van der Waals surface area contributed by atoms with Gasteiger partial charge in [0.2, 0.25) is 0 Å². The lowest BCUT2D eigenvalue weighted by atomic mass is 9.79. The third kappa shape index (κ3) is 7.88. The van der Waals surface area contributed by atoms with Crippen LogP contribution >= 0.6 is 0 Å². The maximum atomic E-state index is 12.6. The van der Waals surface area contributed by atoms with E-state index in [-0.39, 0.29) is 11.5 Å². The largest absolute Gasteiger partial charge is 0.480 e. The van der Waals surface area contributed by atoms with Crippen LogP contribution < -0.4 is 15.2 Å². The molecule has 2 aromatic carbocycles. The van der Waals surface area contributed by atoms with E-state index >= 15 is 0 Å². The molecule has 0 radical (unpaired) electrons. The second-order valence-corrected chi connectivity index (χ2v) is 9.58. The number of carbonyl (C=O) groups is 4. The Hall–Kier alpha value is -3.72. The van der Waals surface area contributed by atoms with Crippen molar-refractivity contribution in [1.82, 2.24) is 0 Å². The first-order chi connectivity index (χ1) is 17.3. The zero-order valence-electron chi connectivity index (χ0n) is 22.0. The molecule has 0 aromatic heterocycles. The normalized spacial score (nSPS) is 14.4. The number of esters is 3. The minimum atomic E-state index is -1.37. The molecule has 0 aliphatic heterocycles. The maximum Gasteiger partial charge on any atom is 0.338 e. The van der Waals surface area contributed by atoms with E-state index in [1.165, 1.54) is 12.1 Å². The van der Waals surface area contributed by atoms with Crippen molar-refractivity contribution in [2.75, 3.05) is 0 Å². The SMILES string of the molecule is CC(C)C(=O)Oc1ccc(C(C(C)C(C)OC(=O)c2ccccc2)[C@@H](N)C(=O)O)cc1OC(=O)C(C)C. The fourth-order valence-corrected chi connectivity index (χ4v) is 3.55. The van der Waals surface area contributed by atoms with Crippen LogP contribution in [0.1, 0.15) is 63.4 Å². The molecular formula is C28H35NO8. The first-order valence-electron chi connectivity index (χ1n) is 12.1. The van der Waals surface area contributed by atoms with Crippen LogP contribution in [0.5, 0.6) is 11.5 Å². The minimum Gasteiger partial charge on any atom is -0.480 e. The monoisotopic (exact) mass is 513 g/mol. The quantitative estimate of drug-likeness (QED) is 0.334. The summed E-state index contributed by atoms with van der Waals surface area (Å²) in [5.74, 6) is -5.20. The summed E-state index contributed by atoms with van der Waals surface area (Å²) in [5, 5.41) is 9.74. The summed E-state index contributed by atoms with van der Waals surface area (Å²) < 4.78 is 16.5. The van der Waals surface area contributed by atoms with Crippen molar-refractivity contribution < 1.29 is 38.5 Å². The number of aliphatic carboxylic acids is 1. The Bertz CT molecular complexity index is 1110. The van der Waals surface area contributed by atoms with Gasteiger partial charge >= 0.3 is 23.9 Å². The summed E-state index contributed by atoms with van der Waals surface area (Å²) in [6.07, 6.45) is -0.719. The van der Waals surface area contributed by atoms with Crippen LogP contribution in [-0.4, -0.2) is 41.1 Å². The third-order valence-corrected chi connectivity index (χ3v) is 6.00. The van der Waals surface area contributed by atoms with E-state index in [4.69, 9.17) is 19.9 Å². The van der Waals surface area contributed by atoms with Gasteiger partial charge in [0.1, 0.15) is 12.1 Å². The highest BCUT2D eigenvalue weighted by atomic mass is 16.6. The van der Waals surface area contributed by atoms with Crippen molar-refractivity contribution in [1.29, 1.82) is 0 Å². The van der Waals surface area contributed by atoms with Crippen LogP contribution in [0.3, 0.4) is 0 Å². The second-order valence-electron chi connectivity index (χ2n) is 9.58. The molecule has 0 saturated heterocycles. The Morgan fingerprint density at radius 3 is 1.84 bits per heavy atom. The van der Waals surface area contributed by atoms with Gasteiger partial charge in [-0.1, -0.05) is 58.9 Å². The van der Waals surface area contributed by atoms with Crippen molar-refractivity contribution in [2.45, 2.75) is 59.6 Å². The molecule has 37 heavy (non-hydrogen) atoms. The smallest absolute Gasteiger partial charge is 0.338 e. The molecule has 0 amide bonds. The Balaban J connectivity index is 2.46. The van der Waals surface area contributed by atoms with E-state index in [9.17, 15) is 24.3 Å². The molecule has 9 heteroatoms. The predicted octanol–water partition coefficient (Wildman–Crippen LogP) is 4.19. The highest BCUT2D eigenvalue weighted by Crippen LogP contribution is 2.37.